The first-order valence-corrected chi connectivity index (χ1v) is 4.38. The Bertz CT molecular complexity index is 383. The lowest BCUT2D eigenvalue weighted by Gasteiger charge is -2.03. The van der Waals surface area contributed by atoms with Crippen molar-refractivity contribution in [3.8, 4) is 0 Å². The van der Waals surface area contributed by atoms with Crippen molar-refractivity contribution in [3.63, 3.8) is 0 Å². The lowest BCUT2D eigenvalue weighted by molar-refractivity contribution is 0.0686. The van der Waals surface area contributed by atoms with E-state index in [2.05, 4.69) is 4.98 Å². The Morgan fingerprint density at radius 2 is 2.14 bits per heavy atom. The molecule has 0 radical (unpaired) electrons. The van der Waals surface area contributed by atoms with Crippen molar-refractivity contribution in [1.82, 2.24) is 4.98 Å². The number of hydrogen-bond donors (Lipinski definition) is 1. The maximum absolute atomic E-state index is 12.9. The number of carboxylic acid groups (broad SMARTS) is 1. The highest BCUT2D eigenvalue weighted by molar-refractivity contribution is 14.1. The summed E-state index contributed by atoms with van der Waals surface area (Å²) in [4.78, 5) is 13.6. The fraction of sp³-hybridized carbons (Fsp3) is 0.143. The van der Waals surface area contributed by atoms with Crippen molar-refractivity contribution in [2.75, 3.05) is 0 Å². The molecule has 0 aliphatic heterocycles. The van der Waals surface area contributed by atoms with E-state index in [0.29, 0.717) is 6.07 Å². The molecule has 0 bridgehead atoms. The zero-order valence-electron chi connectivity index (χ0n) is 6.47. The number of nitrogens with zero attached hydrogens (tertiary/aromatic N) is 1. The molecule has 0 aromatic carbocycles. The first kappa shape index (κ1) is 11.2. The van der Waals surface area contributed by atoms with Gasteiger partial charge in [-0.2, -0.15) is 0 Å². The zero-order chi connectivity index (χ0) is 10.9. The normalized spacial score (nSPS) is 10.6. The molecular weight excluding hydrogens is 314 g/mol. The predicted molar refractivity (Wildman–Crippen MR) is 48.8 cm³/mol. The molecule has 0 amide bonds. The average molecular weight is 317 g/mol. The Balaban J connectivity index is 3.35. The molecule has 0 unspecified atom stereocenters. The lowest BCUT2D eigenvalue weighted by Crippen LogP contribution is -2.08. The molecule has 0 aliphatic carbocycles. The monoisotopic (exact) mass is 317 g/mol. The van der Waals surface area contributed by atoms with Gasteiger partial charge in [0.1, 0.15) is 11.5 Å². The Labute approximate surface area is 90.1 Å². The van der Waals surface area contributed by atoms with Gasteiger partial charge in [0.25, 0.3) is 6.43 Å². The second kappa shape index (κ2) is 4.11. The van der Waals surface area contributed by atoms with E-state index < -0.39 is 29.6 Å². The van der Waals surface area contributed by atoms with E-state index in [1.807, 2.05) is 0 Å². The van der Waals surface area contributed by atoms with Crippen LogP contribution < -0.4 is 0 Å². The smallest absolute Gasteiger partial charge is 0.355 e. The molecule has 0 atom stereocenters. The SMILES string of the molecule is O=C(O)c1nc(C(F)F)cc(F)c1I. The number of hydrogen-bond acceptors (Lipinski definition) is 2. The predicted octanol–water partition coefficient (Wildman–Crippen LogP) is 2.46. The molecule has 1 N–H and O–H groups in total. The van der Waals surface area contributed by atoms with E-state index >= 15 is 0 Å². The summed E-state index contributed by atoms with van der Waals surface area (Å²) >= 11 is 1.40. The molecular formula is C7H3F3INO2. The fourth-order valence-corrected chi connectivity index (χ4v) is 1.28. The van der Waals surface area contributed by atoms with Crippen molar-refractivity contribution in [1.29, 1.82) is 0 Å². The van der Waals surface area contributed by atoms with Crippen LogP contribution in [0.5, 0.6) is 0 Å². The third-order valence-electron chi connectivity index (χ3n) is 1.36. The summed E-state index contributed by atoms with van der Waals surface area (Å²) in [6.45, 7) is 0. The average Bonchev–Trinajstić information content (AvgIpc) is 2.08. The molecule has 3 nitrogen and oxygen atoms in total. The van der Waals surface area contributed by atoms with E-state index in [9.17, 15) is 18.0 Å². The molecule has 0 fully saturated rings. The minimum Gasteiger partial charge on any atom is -0.476 e. The molecule has 0 spiro atoms. The maximum atomic E-state index is 12.9. The number of aromatic nitrogens is 1. The van der Waals surface area contributed by atoms with Gasteiger partial charge in [0.2, 0.25) is 0 Å². The van der Waals surface area contributed by atoms with Gasteiger partial charge in [-0.15, -0.1) is 0 Å². The van der Waals surface area contributed by atoms with Crippen LogP contribution in [0.3, 0.4) is 0 Å². The van der Waals surface area contributed by atoms with Crippen molar-refractivity contribution in [2.24, 2.45) is 0 Å². The molecule has 1 rings (SSSR count). The molecule has 7 heteroatoms. The van der Waals surface area contributed by atoms with Crippen LogP contribution in [0.2, 0.25) is 0 Å². The van der Waals surface area contributed by atoms with Gasteiger partial charge in [-0.25, -0.2) is 22.9 Å². The standard InChI is InChI=1S/C7H3F3INO2/c8-2-1-3(6(9)10)12-5(4(2)11)7(13)14/h1,6H,(H,13,14). The Morgan fingerprint density at radius 1 is 1.57 bits per heavy atom. The number of alkyl halides is 2. The minimum absolute atomic E-state index is 0.278. The third kappa shape index (κ3) is 2.14. The van der Waals surface area contributed by atoms with Gasteiger partial charge in [-0.1, -0.05) is 0 Å². The van der Waals surface area contributed by atoms with Crippen molar-refractivity contribution >= 4 is 28.6 Å². The fourth-order valence-electron chi connectivity index (χ4n) is 0.770. The summed E-state index contributed by atoms with van der Waals surface area (Å²) in [5.41, 5.74) is -1.57. The summed E-state index contributed by atoms with van der Waals surface area (Å²) < 4.78 is 36.8. The quantitative estimate of drug-likeness (QED) is 0.853. The van der Waals surface area contributed by atoms with E-state index in [1.165, 1.54) is 22.6 Å². The largest absolute Gasteiger partial charge is 0.476 e. The van der Waals surface area contributed by atoms with Gasteiger partial charge in [-0.3, -0.25) is 0 Å². The second-order valence-corrected chi connectivity index (χ2v) is 3.38. The van der Waals surface area contributed by atoms with Crippen molar-refractivity contribution in [2.45, 2.75) is 6.43 Å². The molecule has 1 aromatic heterocycles. The first-order chi connectivity index (χ1) is 6.43. The summed E-state index contributed by atoms with van der Waals surface area (Å²) in [7, 11) is 0. The van der Waals surface area contributed by atoms with E-state index in [4.69, 9.17) is 5.11 Å². The van der Waals surface area contributed by atoms with Gasteiger partial charge < -0.3 is 5.11 Å². The highest BCUT2D eigenvalue weighted by Gasteiger charge is 2.19. The van der Waals surface area contributed by atoms with Gasteiger partial charge >= 0.3 is 5.97 Å². The van der Waals surface area contributed by atoms with Crippen LogP contribution in [0, 0.1) is 9.39 Å². The van der Waals surface area contributed by atoms with Crippen LogP contribution in [0.25, 0.3) is 0 Å². The number of carbonyl (C=O) groups is 1. The van der Waals surface area contributed by atoms with Crippen LogP contribution in [0.1, 0.15) is 22.6 Å². The number of halogens is 4. The van der Waals surface area contributed by atoms with Crippen LogP contribution in [0.4, 0.5) is 13.2 Å². The first-order valence-electron chi connectivity index (χ1n) is 3.31. The summed E-state index contributed by atoms with van der Waals surface area (Å²) in [6, 6.07) is 0.527. The molecule has 14 heavy (non-hydrogen) atoms. The second-order valence-electron chi connectivity index (χ2n) is 2.30. The summed E-state index contributed by atoms with van der Waals surface area (Å²) in [6.07, 6.45) is -2.99. The van der Waals surface area contributed by atoms with Gasteiger partial charge in [0, 0.05) is 6.07 Å². The summed E-state index contributed by atoms with van der Waals surface area (Å²) in [5, 5.41) is 8.52. The van der Waals surface area contributed by atoms with Gasteiger partial charge in [0.05, 0.1) is 3.57 Å². The van der Waals surface area contributed by atoms with Crippen LogP contribution in [-0.2, 0) is 0 Å². The van der Waals surface area contributed by atoms with Crippen LogP contribution in [-0.4, -0.2) is 16.1 Å². The zero-order valence-corrected chi connectivity index (χ0v) is 8.63. The van der Waals surface area contributed by atoms with Gasteiger partial charge in [0.15, 0.2) is 5.69 Å². The molecule has 0 aliphatic rings. The van der Waals surface area contributed by atoms with Gasteiger partial charge in [-0.05, 0) is 22.6 Å². The van der Waals surface area contributed by atoms with E-state index in [1.54, 1.807) is 0 Å². The third-order valence-corrected chi connectivity index (χ3v) is 2.39. The number of pyridine rings is 1. The van der Waals surface area contributed by atoms with E-state index in [0.717, 1.165) is 0 Å². The number of aromatic carboxylic acids is 1. The molecule has 1 aromatic rings. The number of carboxylic acids is 1. The number of rotatable bonds is 2. The molecule has 0 saturated carbocycles. The highest BCUT2D eigenvalue weighted by Crippen LogP contribution is 2.22. The molecule has 0 saturated heterocycles. The Kier molecular flexibility index (Phi) is 3.29. The highest BCUT2D eigenvalue weighted by atomic mass is 127. The van der Waals surface area contributed by atoms with Crippen LogP contribution in [0.15, 0.2) is 6.07 Å². The van der Waals surface area contributed by atoms with Crippen molar-refractivity contribution < 1.29 is 23.1 Å². The topological polar surface area (TPSA) is 50.2 Å². The molecule has 1 heterocycles. The van der Waals surface area contributed by atoms with E-state index in [-0.39, 0.29) is 3.57 Å². The maximum Gasteiger partial charge on any atom is 0.355 e. The Hall–Kier alpha value is -0.860. The van der Waals surface area contributed by atoms with Crippen molar-refractivity contribution in [3.05, 3.63) is 26.8 Å². The minimum atomic E-state index is -2.99. The lowest BCUT2D eigenvalue weighted by atomic mass is 10.3. The molecule has 76 valence electrons. The van der Waals surface area contributed by atoms with Crippen LogP contribution >= 0.6 is 22.6 Å². The summed E-state index contributed by atoms with van der Waals surface area (Å²) in [5.74, 6) is -2.54. The Morgan fingerprint density at radius 3 is 2.57 bits per heavy atom.